The number of Topliss-reactive ketones (excluding diaryl/α,β-unsaturated/α-hetero) is 1. The van der Waals surface area contributed by atoms with E-state index in [1.165, 1.54) is 0 Å². The average molecular weight is 174 g/mol. The van der Waals surface area contributed by atoms with E-state index in [9.17, 15) is 4.79 Å². The zero-order valence-electron chi connectivity index (χ0n) is 7.40. The lowest BCUT2D eigenvalue weighted by Crippen LogP contribution is -1.99. The van der Waals surface area contributed by atoms with E-state index in [0.717, 1.165) is 11.1 Å². The van der Waals surface area contributed by atoms with E-state index in [-0.39, 0.29) is 5.78 Å². The fourth-order valence-corrected chi connectivity index (χ4v) is 1.38. The Labute approximate surface area is 76.0 Å². The second-order valence-electron chi connectivity index (χ2n) is 2.86. The summed E-state index contributed by atoms with van der Waals surface area (Å²) < 4.78 is 1.71. The van der Waals surface area contributed by atoms with Gasteiger partial charge in [-0.3, -0.25) is 4.79 Å². The monoisotopic (exact) mass is 174 g/mol. The van der Waals surface area contributed by atoms with E-state index in [2.05, 4.69) is 5.10 Å². The lowest BCUT2D eigenvalue weighted by atomic mass is 10.1. The number of carbonyl (C=O) groups is 1. The van der Waals surface area contributed by atoms with Gasteiger partial charge in [0.1, 0.15) is 0 Å². The lowest BCUT2D eigenvalue weighted by Gasteiger charge is -1.99. The smallest absolute Gasteiger partial charge is 0.164 e. The number of fused-ring (bicyclic) bond motifs is 1. The number of hydrogen-bond donors (Lipinski definition) is 0. The Balaban J connectivity index is 2.67. The van der Waals surface area contributed by atoms with Gasteiger partial charge in [0.05, 0.1) is 11.7 Å². The zero-order valence-corrected chi connectivity index (χ0v) is 7.40. The summed E-state index contributed by atoms with van der Waals surface area (Å²) in [4.78, 5) is 11.5. The van der Waals surface area contributed by atoms with E-state index in [1.54, 1.807) is 10.7 Å². The van der Waals surface area contributed by atoms with Gasteiger partial charge in [0.2, 0.25) is 0 Å². The molecule has 66 valence electrons. The first-order valence-corrected chi connectivity index (χ1v) is 4.28. The van der Waals surface area contributed by atoms with Gasteiger partial charge in [-0.05, 0) is 18.2 Å². The molecule has 2 aromatic heterocycles. The van der Waals surface area contributed by atoms with Gasteiger partial charge in [0, 0.05) is 18.2 Å². The van der Waals surface area contributed by atoms with E-state index in [0.29, 0.717) is 6.42 Å². The summed E-state index contributed by atoms with van der Waals surface area (Å²) in [5.41, 5.74) is 1.64. The molecule has 3 nitrogen and oxygen atoms in total. The first-order valence-electron chi connectivity index (χ1n) is 4.28. The molecule has 0 saturated carbocycles. The molecule has 2 aromatic rings. The van der Waals surface area contributed by atoms with Crippen LogP contribution in [0.5, 0.6) is 0 Å². The molecule has 0 aliphatic heterocycles. The molecule has 0 radical (unpaired) electrons. The molecule has 0 aliphatic rings. The third kappa shape index (κ3) is 1.22. The highest BCUT2D eigenvalue weighted by molar-refractivity contribution is 6.01. The Morgan fingerprint density at radius 3 is 3.15 bits per heavy atom. The maximum Gasteiger partial charge on any atom is 0.164 e. The molecule has 2 rings (SSSR count). The maximum absolute atomic E-state index is 11.5. The van der Waals surface area contributed by atoms with Gasteiger partial charge in [-0.2, -0.15) is 5.10 Å². The minimum absolute atomic E-state index is 0.158. The van der Waals surface area contributed by atoms with Gasteiger partial charge in [-0.15, -0.1) is 0 Å². The Kier molecular flexibility index (Phi) is 1.85. The molecule has 0 amide bonds. The molecule has 0 N–H and O–H groups in total. The van der Waals surface area contributed by atoms with Gasteiger partial charge in [-0.25, -0.2) is 4.52 Å². The number of carbonyl (C=O) groups excluding carboxylic acids is 1. The molecule has 0 bridgehead atoms. The van der Waals surface area contributed by atoms with Gasteiger partial charge in [-0.1, -0.05) is 6.92 Å². The highest BCUT2D eigenvalue weighted by Gasteiger charge is 2.07. The molecule has 0 saturated heterocycles. The lowest BCUT2D eigenvalue weighted by molar-refractivity contribution is 0.0989. The van der Waals surface area contributed by atoms with Gasteiger partial charge in [0.15, 0.2) is 5.78 Å². The van der Waals surface area contributed by atoms with Crippen LogP contribution in [0.25, 0.3) is 5.52 Å². The second kappa shape index (κ2) is 3.01. The van der Waals surface area contributed by atoms with E-state index in [1.807, 2.05) is 31.3 Å². The number of aromatic nitrogens is 2. The third-order valence-electron chi connectivity index (χ3n) is 2.06. The van der Waals surface area contributed by atoms with Crippen molar-refractivity contribution in [2.24, 2.45) is 0 Å². The molecule has 13 heavy (non-hydrogen) atoms. The summed E-state index contributed by atoms with van der Waals surface area (Å²) in [5, 5.41) is 4.06. The first-order chi connectivity index (χ1) is 6.33. The Bertz CT molecular complexity index is 445. The number of pyridine rings is 1. The number of rotatable bonds is 2. The van der Waals surface area contributed by atoms with E-state index >= 15 is 0 Å². The second-order valence-corrected chi connectivity index (χ2v) is 2.86. The van der Waals surface area contributed by atoms with Crippen molar-refractivity contribution in [3.8, 4) is 0 Å². The Hall–Kier alpha value is -1.64. The van der Waals surface area contributed by atoms with Crippen molar-refractivity contribution in [1.29, 1.82) is 0 Å². The molecule has 3 heteroatoms. The molecule has 0 aromatic carbocycles. The molecular weight excluding hydrogens is 164 g/mol. The van der Waals surface area contributed by atoms with Crippen molar-refractivity contribution in [3.63, 3.8) is 0 Å². The largest absolute Gasteiger partial charge is 0.294 e. The highest BCUT2D eigenvalue weighted by atomic mass is 16.1. The van der Waals surface area contributed by atoms with Crippen molar-refractivity contribution >= 4 is 11.3 Å². The van der Waals surface area contributed by atoms with Crippen LogP contribution in [0.3, 0.4) is 0 Å². The SMILES string of the molecule is CCC(=O)c1cccn2nccc12. The molecule has 0 fully saturated rings. The summed E-state index contributed by atoms with van der Waals surface area (Å²) in [7, 11) is 0. The highest BCUT2D eigenvalue weighted by Crippen LogP contribution is 2.11. The van der Waals surface area contributed by atoms with Crippen LogP contribution in [0.2, 0.25) is 0 Å². The van der Waals surface area contributed by atoms with Crippen LogP contribution in [0.4, 0.5) is 0 Å². The van der Waals surface area contributed by atoms with Crippen LogP contribution in [0.15, 0.2) is 30.6 Å². The minimum Gasteiger partial charge on any atom is -0.294 e. The molecule has 2 heterocycles. The fourth-order valence-electron chi connectivity index (χ4n) is 1.38. The zero-order chi connectivity index (χ0) is 9.26. The first kappa shape index (κ1) is 7.98. The fraction of sp³-hybridized carbons (Fsp3) is 0.200. The Morgan fingerprint density at radius 2 is 2.38 bits per heavy atom. The molecular formula is C10H10N2O. The third-order valence-corrected chi connectivity index (χ3v) is 2.06. The number of nitrogens with zero attached hydrogens (tertiary/aromatic N) is 2. The summed E-state index contributed by atoms with van der Waals surface area (Å²) >= 11 is 0. The van der Waals surface area contributed by atoms with Crippen molar-refractivity contribution in [2.45, 2.75) is 13.3 Å². The van der Waals surface area contributed by atoms with Crippen LogP contribution in [-0.4, -0.2) is 15.4 Å². The van der Waals surface area contributed by atoms with Crippen LogP contribution >= 0.6 is 0 Å². The number of ketones is 1. The summed E-state index contributed by atoms with van der Waals surface area (Å²) in [6, 6.07) is 5.52. The quantitative estimate of drug-likeness (QED) is 0.652. The normalized spacial score (nSPS) is 10.5. The van der Waals surface area contributed by atoms with Crippen LogP contribution in [0, 0.1) is 0 Å². The summed E-state index contributed by atoms with van der Waals surface area (Å²) in [5.74, 6) is 0.158. The number of hydrogen-bond acceptors (Lipinski definition) is 2. The van der Waals surface area contributed by atoms with Gasteiger partial charge >= 0.3 is 0 Å². The molecule has 0 spiro atoms. The summed E-state index contributed by atoms with van der Waals surface area (Å²) in [6.45, 7) is 1.86. The van der Waals surface area contributed by atoms with Crippen LogP contribution in [-0.2, 0) is 0 Å². The topological polar surface area (TPSA) is 34.4 Å². The van der Waals surface area contributed by atoms with Crippen molar-refractivity contribution in [2.75, 3.05) is 0 Å². The molecule has 0 unspecified atom stereocenters. The summed E-state index contributed by atoms with van der Waals surface area (Å²) in [6.07, 6.45) is 4.06. The van der Waals surface area contributed by atoms with Crippen LogP contribution < -0.4 is 0 Å². The molecule has 0 aliphatic carbocycles. The Morgan fingerprint density at radius 1 is 1.54 bits per heavy atom. The van der Waals surface area contributed by atoms with E-state index in [4.69, 9.17) is 0 Å². The minimum atomic E-state index is 0.158. The predicted octanol–water partition coefficient (Wildman–Crippen LogP) is 1.93. The van der Waals surface area contributed by atoms with Gasteiger partial charge < -0.3 is 0 Å². The standard InChI is InChI=1S/C10H10N2O/c1-2-10(13)8-4-3-7-12-9(8)5-6-11-12/h3-7H,2H2,1H3. The van der Waals surface area contributed by atoms with Gasteiger partial charge in [0.25, 0.3) is 0 Å². The predicted molar refractivity (Wildman–Crippen MR) is 49.8 cm³/mol. The van der Waals surface area contributed by atoms with Crippen LogP contribution in [0.1, 0.15) is 23.7 Å². The van der Waals surface area contributed by atoms with E-state index < -0.39 is 0 Å². The molecule has 0 atom stereocenters. The average Bonchev–Trinajstić information content (AvgIpc) is 2.63. The maximum atomic E-state index is 11.5. The van der Waals surface area contributed by atoms with Crippen molar-refractivity contribution in [3.05, 3.63) is 36.2 Å². The van der Waals surface area contributed by atoms with Crippen molar-refractivity contribution < 1.29 is 4.79 Å². The van der Waals surface area contributed by atoms with Crippen molar-refractivity contribution in [1.82, 2.24) is 9.61 Å².